The molecule has 4 nitrogen and oxygen atoms in total. The minimum Gasteiger partial charge on any atom is -0.490 e. The lowest BCUT2D eigenvalue weighted by Gasteiger charge is -2.12. The van der Waals surface area contributed by atoms with Crippen LogP contribution in [0.4, 0.5) is 0 Å². The summed E-state index contributed by atoms with van der Waals surface area (Å²) in [4.78, 5) is 12.4. The lowest BCUT2D eigenvalue weighted by Crippen LogP contribution is -2.12. The zero-order valence-corrected chi connectivity index (χ0v) is 14.3. The Morgan fingerprint density at radius 1 is 0.692 bits per heavy atom. The number of rotatable bonds is 8. The van der Waals surface area contributed by atoms with Crippen LogP contribution in [0.2, 0.25) is 0 Å². The number of benzene rings is 3. The van der Waals surface area contributed by atoms with Crippen LogP contribution < -0.4 is 9.47 Å². The Morgan fingerprint density at radius 3 is 2.08 bits per heavy atom. The highest BCUT2D eigenvalue weighted by molar-refractivity contribution is 5.92. The van der Waals surface area contributed by atoms with E-state index in [0.717, 1.165) is 11.3 Å². The van der Waals surface area contributed by atoms with Crippen molar-refractivity contribution >= 4 is 5.97 Å². The summed E-state index contributed by atoms with van der Waals surface area (Å²) in [5.41, 5.74) is 1.35. The van der Waals surface area contributed by atoms with Crippen molar-refractivity contribution in [3.05, 3.63) is 96.1 Å². The van der Waals surface area contributed by atoms with Gasteiger partial charge in [0.2, 0.25) is 0 Å². The molecule has 0 radical (unpaired) electrons. The normalized spacial score (nSPS) is 10.2. The van der Waals surface area contributed by atoms with Gasteiger partial charge in [-0.2, -0.15) is 0 Å². The molecule has 0 fully saturated rings. The molecule has 3 aromatic carbocycles. The van der Waals surface area contributed by atoms with Crippen LogP contribution in [0.15, 0.2) is 84.9 Å². The van der Waals surface area contributed by atoms with Crippen LogP contribution >= 0.6 is 0 Å². The number of ether oxygens (including phenoxy) is 3. The molecule has 0 saturated heterocycles. The summed E-state index contributed by atoms with van der Waals surface area (Å²) in [6, 6.07) is 26.1. The predicted molar refractivity (Wildman–Crippen MR) is 99.4 cm³/mol. The molecule has 3 aromatic rings. The minimum absolute atomic E-state index is 0.227. The molecule has 0 aliphatic carbocycles. The van der Waals surface area contributed by atoms with Gasteiger partial charge in [-0.3, -0.25) is 0 Å². The number of hydrogen-bond donors (Lipinski definition) is 0. The van der Waals surface area contributed by atoms with Gasteiger partial charge in [-0.1, -0.05) is 60.7 Å². The van der Waals surface area contributed by atoms with Gasteiger partial charge in [-0.15, -0.1) is 0 Å². The van der Waals surface area contributed by atoms with E-state index < -0.39 is 5.97 Å². The summed E-state index contributed by atoms with van der Waals surface area (Å²) >= 11 is 0. The maximum Gasteiger partial charge on any atom is 0.342 e. The van der Waals surface area contributed by atoms with E-state index in [1.807, 2.05) is 66.7 Å². The summed E-state index contributed by atoms with van der Waals surface area (Å²) in [7, 11) is 0. The first-order valence-corrected chi connectivity index (χ1v) is 8.43. The average molecular weight is 348 g/mol. The van der Waals surface area contributed by atoms with Crippen LogP contribution in [0.1, 0.15) is 15.9 Å². The van der Waals surface area contributed by atoms with Crippen molar-refractivity contribution < 1.29 is 19.0 Å². The molecule has 4 heteroatoms. The van der Waals surface area contributed by atoms with Crippen molar-refractivity contribution in [3.8, 4) is 11.5 Å². The lowest BCUT2D eigenvalue weighted by atomic mass is 10.2. The van der Waals surface area contributed by atoms with Crippen molar-refractivity contribution in [1.82, 2.24) is 0 Å². The Labute approximate surface area is 153 Å². The summed E-state index contributed by atoms with van der Waals surface area (Å²) in [6.07, 6.45) is 0. The van der Waals surface area contributed by atoms with Crippen molar-refractivity contribution in [2.45, 2.75) is 6.61 Å². The third-order valence-corrected chi connectivity index (χ3v) is 3.67. The Balaban J connectivity index is 1.52. The molecular weight excluding hydrogens is 328 g/mol. The molecule has 0 unspecified atom stereocenters. The fourth-order valence-electron chi connectivity index (χ4n) is 2.39. The maximum absolute atomic E-state index is 12.4. The minimum atomic E-state index is -0.409. The van der Waals surface area contributed by atoms with Crippen LogP contribution in [-0.2, 0) is 11.3 Å². The van der Waals surface area contributed by atoms with E-state index in [4.69, 9.17) is 14.2 Å². The molecule has 0 aliphatic heterocycles. The van der Waals surface area contributed by atoms with Crippen molar-refractivity contribution in [2.75, 3.05) is 13.2 Å². The van der Waals surface area contributed by atoms with Crippen LogP contribution in [0, 0.1) is 0 Å². The van der Waals surface area contributed by atoms with Crippen LogP contribution in [0.5, 0.6) is 11.5 Å². The van der Waals surface area contributed by atoms with E-state index in [9.17, 15) is 4.79 Å². The van der Waals surface area contributed by atoms with E-state index >= 15 is 0 Å². The number of para-hydroxylation sites is 2. The zero-order chi connectivity index (χ0) is 18.0. The van der Waals surface area contributed by atoms with Gasteiger partial charge in [-0.25, -0.2) is 4.79 Å². The second kappa shape index (κ2) is 9.28. The molecule has 0 N–H and O–H groups in total. The van der Waals surface area contributed by atoms with E-state index in [1.54, 1.807) is 18.2 Å². The SMILES string of the molecule is O=C(OCc1ccccc1)c1ccccc1OCCOc1ccccc1. The summed E-state index contributed by atoms with van der Waals surface area (Å²) in [6.45, 7) is 0.945. The van der Waals surface area contributed by atoms with Crippen LogP contribution in [-0.4, -0.2) is 19.2 Å². The average Bonchev–Trinajstić information content (AvgIpc) is 2.71. The Morgan fingerprint density at radius 2 is 1.31 bits per heavy atom. The Kier molecular flexibility index (Phi) is 6.26. The van der Waals surface area contributed by atoms with Crippen molar-refractivity contribution in [2.24, 2.45) is 0 Å². The fourth-order valence-corrected chi connectivity index (χ4v) is 2.39. The molecule has 0 aromatic heterocycles. The summed E-state index contributed by atoms with van der Waals surface area (Å²) < 4.78 is 16.7. The van der Waals surface area contributed by atoms with Gasteiger partial charge in [0.15, 0.2) is 0 Å². The van der Waals surface area contributed by atoms with E-state index in [-0.39, 0.29) is 6.61 Å². The zero-order valence-electron chi connectivity index (χ0n) is 14.3. The molecule has 0 heterocycles. The van der Waals surface area contributed by atoms with Gasteiger partial charge in [0.25, 0.3) is 0 Å². The molecule has 0 bridgehead atoms. The van der Waals surface area contributed by atoms with Crippen LogP contribution in [0.3, 0.4) is 0 Å². The maximum atomic E-state index is 12.4. The van der Waals surface area contributed by atoms with Crippen LogP contribution in [0.25, 0.3) is 0 Å². The van der Waals surface area contributed by atoms with Gasteiger partial charge >= 0.3 is 5.97 Å². The smallest absolute Gasteiger partial charge is 0.342 e. The number of carbonyl (C=O) groups is 1. The quantitative estimate of drug-likeness (QED) is 0.444. The highest BCUT2D eigenvalue weighted by Crippen LogP contribution is 2.20. The first kappa shape index (κ1) is 17.5. The predicted octanol–water partition coefficient (Wildman–Crippen LogP) is 4.50. The molecule has 0 spiro atoms. The topological polar surface area (TPSA) is 44.8 Å². The largest absolute Gasteiger partial charge is 0.490 e. The summed E-state index contributed by atoms with van der Waals surface area (Å²) in [5, 5.41) is 0. The van der Waals surface area contributed by atoms with E-state index in [2.05, 4.69) is 0 Å². The molecule has 0 aliphatic rings. The standard InChI is InChI=1S/C22H20O4/c23-22(26-17-18-9-3-1-4-10-18)20-13-7-8-14-21(20)25-16-15-24-19-11-5-2-6-12-19/h1-14H,15-17H2. The van der Waals surface area contributed by atoms with Gasteiger partial charge in [-0.05, 0) is 29.8 Å². The molecule has 3 rings (SSSR count). The Bertz CT molecular complexity index is 816. The molecule has 132 valence electrons. The molecule has 0 amide bonds. The monoisotopic (exact) mass is 348 g/mol. The van der Waals surface area contributed by atoms with Gasteiger partial charge in [0.1, 0.15) is 36.9 Å². The van der Waals surface area contributed by atoms with Gasteiger partial charge < -0.3 is 14.2 Å². The number of hydrogen-bond acceptors (Lipinski definition) is 4. The second-order valence-electron chi connectivity index (χ2n) is 5.57. The fraction of sp³-hybridized carbons (Fsp3) is 0.136. The van der Waals surface area contributed by atoms with Crippen molar-refractivity contribution in [3.63, 3.8) is 0 Å². The third-order valence-electron chi connectivity index (χ3n) is 3.67. The first-order valence-electron chi connectivity index (χ1n) is 8.43. The molecule has 26 heavy (non-hydrogen) atoms. The second-order valence-corrected chi connectivity index (χ2v) is 5.57. The van der Waals surface area contributed by atoms with Crippen molar-refractivity contribution in [1.29, 1.82) is 0 Å². The first-order chi connectivity index (χ1) is 12.8. The third kappa shape index (κ3) is 5.11. The lowest BCUT2D eigenvalue weighted by molar-refractivity contribution is 0.0467. The molecule has 0 saturated carbocycles. The van der Waals surface area contributed by atoms with Gasteiger partial charge in [0, 0.05) is 0 Å². The van der Waals surface area contributed by atoms with Gasteiger partial charge in [0.05, 0.1) is 0 Å². The number of esters is 1. The molecular formula is C22H20O4. The highest BCUT2D eigenvalue weighted by atomic mass is 16.5. The van der Waals surface area contributed by atoms with E-state index in [1.165, 1.54) is 0 Å². The highest BCUT2D eigenvalue weighted by Gasteiger charge is 2.13. The summed E-state index contributed by atoms with van der Waals surface area (Å²) in [5.74, 6) is 0.863. The Hall–Kier alpha value is -3.27. The number of carbonyl (C=O) groups excluding carboxylic acids is 1. The van der Waals surface area contributed by atoms with E-state index in [0.29, 0.717) is 24.5 Å². The molecule has 0 atom stereocenters.